The minimum absolute atomic E-state index is 0.288. The predicted molar refractivity (Wildman–Crippen MR) is 103 cm³/mol. The van der Waals surface area contributed by atoms with Crippen LogP contribution in [0.1, 0.15) is 84.1 Å². The van der Waals surface area contributed by atoms with Crippen molar-refractivity contribution in [2.24, 2.45) is 17.8 Å². The topological polar surface area (TPSA) is 23.8 Å². The molecule has 1 aliphatic carbocycles. The molecule has 1 fully saturated rings. The quantitative estimate of drug-likeness (QED) is 0.485. The smallest absolute Gasteiger partial charge is 0.0881 e. The molecule has 4 atom stereocenters. The summed E-state index contributed by atoms with van der Waals surface area (Å²) in [5, 5.41) is 10.6. The lowest BCUT2D eigenvalue weighted by Gasteiger charge is -2.43. The van der Waals surface area contributed by atoms with Crippen LogP contribution < -0.4 is 0 Å². The molecule has 0 heterocycles. The van der Waals surface area contributed by atoms with Gasteiger partial charge in [0.05, 0.1) is 11.5 Å². The molecule has 0 N–H and O–H groups in total. The summed E-state index contributed by atoms with van der Waals surface area (Å²) in [5.41, 5.74) is 0.997. The molecule has 1 aromatic rings. The Balaban J connectivity index is 2.51. The third kappa shape index (κ3) is 3.69. The Bertz CT molecular complexity index is 515. The van der Waals surface area contributed by atoms with Gasteiger partial charge in [-0.25, -0.2) is 0 Å². The highest BCUT2D eigenvalue weighted by Crippen LogP contribution is 2.52. The zero-order chi connectivity index (χ0) is 17.4. The van der Waals surface area contributed by atoms with Crippen molar-refractivity contribution < 1.29 is 0 Å². The van der Waals surface area contributed by atoms with Gasteiger partial charge in [-0.1, -0.05) is 89.6 Å². The molecule has 2 rings (SSSR count). The van der Waals surface area contributed by atoms with Crippen LogP contribution in [0.25, 0.3) is 0 Å². The summed E-state index contributed by atoms with van der Waals surface area (Å²) in [6, 6.07) is 13.7. The van der Waals surface area contributed by atoms with Gasteiger partial charge in [0.1, 0.15) is 0 Å². The van der Waals surface area contributed by atoms with Crippen LogP contribution in [0.15, 0.2) is 30.3 Å². The SMILES string of the molecule is CCCCC(CCC)C(C#N)(c1ccccc1)C1CCCC1CC. The lowest BCUT2D eigenvalue weighted by molar-refractivity contribution is 0.163. The molecular weight excluding hydrogens is 290 g/mol. The van der Waals surface area contributed by atoms with Crippen LogP contribution in [0.4, 0.5) is 0 Å². The van der Waals surface area contributed by atoms with E-state index >= 15 is 0 Å². The van der Waals surface area contributed by atoms with Crippen molar-refractivity contribution in [2.75, 3.05) is 0 Å². The van der Waals surface area contributed by atoms with E-state index in [1.54, 1.807) is 0 Å². The van der Waals surface area contributed by atoms with Crippen molar-refractivity contribution >= 4 is 0 Å². The Hall–Kier alpha value is -1.29. The third-order valence-electron chi connectivity index (χ3n) is 6.39. The Kier molecular flexibility index (Phi) is 7.35. The number of unbranched alkanes of at least 4 members (excludes halogenated alkanes) is 1. The maximum absolute atomic E-state index is 10.6. The van der Waals surface area contributed by atoms with Crippen molar-refractivity contribution in [1.29, 1.82) is 5.26 Å². The van der Waals surface area contributed by atoms with E-state index < -0.39 is 0 Å². The first kappa shape index (κ1) is 19.0. The largest absolute Gasteiger partial charge is 0.197 e. The molecule has 0 aliphatic heterocycles. The van der Waals surface area contributed by atoms with Crippen LogP contribution in [0.5, 0.6) is 0 Å². The van der Waals surface area contributed by atoms with E-state index in [0.29, 0.717) is 17.8 Å². The molecule has 0 bridgehead atoms. The second-order valence-corrected chi connectivity index (χ2v) is 7.68. The summed E-state index contributed by atoms with van der Waals surface area (Å²) in [4.78, 5) is 0. The first-order valence-corrected chi connectivity index (χ1v) is 10.2. The fourth-order valence-corrected chi connectivity index (χ4v) is 5.23. The molecule has 4 unspecified atom stereocenters. The molecule has 0 aromatic heterocycles. The standard InChI is InChI=1S/C23H35N/c1-4-7-14-20(12-5-2)23(18-24,21-15-9-8-10-16-21)22-17-11-13-19(22)6-3/h8-10,15-16,19-20,22H,4-7,11-14,17H2,1-3H3. The van der Waals surface area contributed by atoms with Crippen LogP contribution in [0.2, 0.25) is 0 Å². The second-order valence-electron chi connectivity index (χ2n) is 7.68. The maximum atomic E-state index is 10.6. The van der Waals surface area contributed by atoms with Gasteiger partial charge in [0.25, 0.3) is 0 Å². The third-order valence-corrected chi connectivity index (χ3v) is 6.39. The van der Waals surface area contributed by atoms with Crippen molar-refractivity contribution in [2.45, 2.75) is 84.0 Å². The van der Waals surface area contributed by atoms with Crippen molar-refractivity contribution in [3.63, 3.8) is 0 Å². The number of hydrogen-bond acceptors (Lipinski definition) is 1. The number of benzene rings is 1. The lowest BCUT2D eigenvalue weighted by atomic mass is 9.58. The van der Waals surface area contributed by atoms with Crippen LogP contribution in [-0.2, 0) is 5.41 Å². The highest BCUT2D eigenvalue weighted by molar-refractivity contribution is 5.36. The molecular formula is C23H35N. The van der Waals surface area contributed by atoms with E-state index in [-0.39, 0.29) is 5.41 Å². The van der Waals surface area contributed by atoms with E-state index in [1.807, 2.05) is 0 Å². The zero-order valence-electron chi connectivity index (χ0n) is 15.9. The van der Waals surface area contributed by atoms with Gasteiger partial charge in [0.15, 0.2) is 0 Å². The minimum Gasteiger partial charge on any atom is -0.197 e. The fourth-order valence-electron chi connectivity index (χ4n) is 5.23. The minimum atomic E-state index is -0.288. The molecule has 1 aliphatic rings. The molecule has 0 radical (unpaired) electrons. The first-order valence-electron chi connectivity index (χ1n) is 10.2. The summed E-state index contributed by atoms with van der Waals surface area (Å²) < 4.78 is 0. The summed E-state index contributed by atoms with van der Waals surface area (Å²) in [6.45, 7) is 6.86. The number of rotatable bonds is 9. The summed E-state index contributed by atoms with van der Waals surface area (Å²) in [7, 11) is 0. The van der Waals surface area contributed by atoms with Crippen LogP contribution in [0, 0.1) is 29.1 Å². The molecule has 24 heavy (non-hydrogen) atoms. The Morgan fingerprint density at radius 3 is 2.42 bits per heavy atom. The van der Waals surface area contributed by atoms with Crippen LogP contribution in [0.3, 0.4) is 0 Å². The van der Waals surface area contributed by atoms with Crippen molar-refractivity contribution in [1.82, 2.24) is 0 Å². The molecule has 132 valence electrons. The van der Waals surface area contributed by atoms with E-state index in [0.717, 1.165) is 0 Å². The Labute approximate surface area is 149 Å². The van der Waals surface area contributed by atoms with Gasteiger partial charge in [-0.3, -0.25) is 0 Å². The van der Waals surface area contributed by atoms with Crippen molar-refractivity contribution in [3.8, 4) is 6.07 Å². The second kappa shape index (κ2) is 9.26. The molecule has 0 saturated heterocycles. The highest BCUT2D eigenvalue weighted by Gasteiger charge is 2.50. The van der Waals surface area contributed by atoms with Gasteiger partial charge in [-0.15, -0.1) is 0 Å². The molecule has 1 nitrogen and oxygen atoms in total. The first-order chi connectivity index (χ1) is 11.7. The average molecular weight is 326 g/mol. The molecule has 1 heteroatoms. The van der Waals surface area contributed by atoms with E-state index in [9.17, 15) is 5.26 Å². The number of hydrogen-bond donors (Lipinski definition) is 0. The average Bonchev–Trinajstić information content (AvgIpc) is 3.10. The molecule has 1 saturated carbocycles. The molecule has 0 spiro atoms. The monoisotopic (exact) mass is 325 g/mol. The summed E-state index contributed by atoms with van der Waals surface area (Å²) in [5.74, 6) is 1.74. The fraction of sp³-hybridized carbons (Fsp3) is 0.696. The van der Waals surface area contributed by atoms with Gasteiger partial charge < -0.3 is 0 Å². The van der Waals surface area contributed by atoms with E-state index in [4.69, 9.17) is 0 Å². The van der Waals surface area contributed by atoms with E-state index in [2.05, 4.69) is 57.2 Å². The molecule has 0 amide bonds. The van der Waals surface area contributed by atoms with Gasteiger partial charge in [-0.05, 0) is 42.6 Å². The van der Waals surface area contributed by atoms with Gasteiger partial charge in [0.2, 0.25) is 0 Å². The normalized spacial score (nSPS) is 24.2. The predicted octanol–water partition coefficient (Wildman–Crippen LogP) is 6.88. The lowest BCUT2D eigenvalue weighted by Crippen LogP contribution is -2.43. The summed E-state index contributed by atoms with van der Waals surface area (Å²) in [6.07, 6.45) is 11.1. The maximum Gasteiger partial charge on any atom is 0.0881 e. The number of nitriles is 1. The van der Waals surface area contributed by atoms with Gasteiger partial charge in [0, 0.05) is 0 Å². The summed E-state index contributed by atoms with van der Waals surface area (Å²) >= 11 is 0. The van der Waals surface area contributed by atoms with Crippen LogP contribution in [-0.4, -0.2) is 0 Å². The van der Waals surface area contributed by atoms with Crippen LogP contribution >= 0.6 is 0 Å². The number of nitrogens with zero attached hydrogens (tertiary/aromatic N) is 1. The molecule has 1 aromatic carbocycles. The van der Waals surface area contributed by atoms with Crippen molar-refractivity contribution in [3.05, 3.63) is 35.9 Å². The zero-order valence-corrected chi connectivity index (χ0v) is 15.9. The van der Waals surface area contributed by atoms with E-state index in [1.165, 1.54) is 63.4 Å². The highest BCUT2D eigenvalue weighted by atomic mass is 14.5. The van der Waals surface area contributed by atoms with Gasteiger partial charge in [-0.2, -0.15) is 5.26 Å². The Morgan fingerprint density at radius 2 is 1.83 bits per heavy atom. The Morgan fingerprint density at radius 1 is 1.08 bits per heavy atom. The van der Waals surface area contributed by atoms with Gasteiger partial charge >= 0.3 is 0 Å².